The van der Waals surface area contributed by atoms with Crippen molar-refractivity contribution in [1.29, 1.82) is 0 Å². The average Bonchev–Trinajstić information content (AvgIpc) is 2.15. The summed E-state index contributed by atoms with van der Waals surface area (Å²) < 4.78 is 32.4. The van der Waals surface area contributed by atoms with Crippen molar-refractivity contribution in [3.05, 3.63) is 33.6 Å². The summed E-state index contributed by atoms with van der Waals surface area (Å²) in [5.74, 6) is -1.21. The molecule has 0 saturated carbocycles. The van der Waals surface area contributed by atoms with Gasteiger partial charge in [0, 0.05) is 6.07 Å². The monoisotopic (exact) mass is 267 g/mol. The number of hydrogen-bond acceptors (Lipinski definition) is 4. The summed E-state index contributed by atoms with van der Waals surface area (Å²) in [6, 6.07) is 0.956. The number of nitro benzene ring substituents is 1. The van der Waals surface area contributed by atoms with Gasteiger partial charge in [0.1, 0.15) is 16.3 Å². The molecule has 0 bridgehead atoms. The standard InChI is InChI=1S/C7H3ClFNO5S/c8-7(11)3-1-4(9)6(16(14)15)2-5(3)10(12)13/h1-2H,(H,14,15). The first-order valence-electron chi connectivity index (χ1n) is 3.63. The molecule has 0 radical (unpaired) electrons. The summed E-state index contributed by atoms with van der Waals surface area (Å²) in [5, 5.41) is 9.28. The van der Waals surface area contributed by atoms with Crippen LogP contribution in [0.1, 0.15) is 10.4 Å². The minimum absolute atomic E-state index is 0.455. The molecule has 0 heterocycles. The number of rotatable bonds is 3. The molecule has 1 aromatic rings. The van der Waals surface area contributed by atoms with Crippen LogP contribution in [-0.4, -0.2) is 18.9 Å². The van der Waals surface area contributed by atoms with Gasteiger partial charge in [0.2, 0.25) is 0 Å². The van der Waals surface area contributed by atoms with Crippen LogP contribution in [0.4, 0.5) is 10.1 Å². The fraction of sp³-hybridized carbons (Fsp3) is 0. The van der Waals surface area contributed by atoms with Crippen LogP contribution in [0.5, 0.6) is 0 Å². The smallest absolute Gasteiger partial charge is 0.283 e. The van der Waals surface area contributed by atoms with Gasteiger partial charge in [-0.25, -0.2) is 8.60 Å². The lowest BCUT2D eigenvalue weighted by Crippen LogP contribution is -2.03. The van der Waals surface area contributed by atoms with Gasteiger partial charge in [-0.15, -0.1) is 0 Å². The van der Waals surface area contributed by atoms with Gasteiger partial charge in [0.15, 0.2) is 11.1 Å². The quantitative estimate of drug-likeness (QED) is 0.389. The SMILES string of the molecule is O=C(Cl)c1cc(F)c(S(=O)O)cc1[N+](=O)[O-]. The number of hydrogen-bond donors (Lipinski definition) is 1. The van der Waals surface area contributed by atoms with Crippen LogP contribution >= 0.6 is 11.6 Å². The Morgan fingerprint density at radius 2 is 2.12 bits per heavy atom. The van der Waals surface area contributed by atoms with E-state index < -0.39 is 43.2 Å². The highest BCUT2D eigenvalue weighted by molar-refractivity contribution is 7.79. The summed E-state index contributed by atoms with van der Waals surface area (Å²) in [6.45, 7) is 0. The summed E-state index contributed by atoms with van der Waals surface area (Å²) >= 11 is 2.29. The van der Waals surface area contributed by atoms with Crippen molar-refractivity contribution in [2.24, 2.45) is 0 Å². The van der Waals surface area contributed by atoms with Crippen LogP contribution < -0.4 is 0 Å². The molecular formula is C7H3ClFNO5S. The van der Waals surface area contributed by atoms with Crippen LogP contribution in [0.3, 0.4) is 0 Å². The lowest BCUT2D eigenvalue weighted by Gasteiger charge is -2.01. The predicted octanol–water partition coefficient (Wildman–Crippen LogP) is 1.69. The van der Waals surface area contributed by atoms with Crippen LogP contribution in [0, 0.1) is 15.9 Å². The van der Waals surface area contributed by atoms with Gasteiger partial charge < -0.3 is 4.55 Å². The summed E-state index contributed by atoms with van der Waals surface area (Å²) in [5.41, 5.74) is -1.49. The molecule has 0 spiro atoms. The third-order valence-corrected chi connectivity index (χ3v) is 2.54. The Bertz CT molecular complexity index is 506. The third-order valence-electron chi connectivity index (χ3n) is 1.65. The van der Waals surface area contributed by atoms with Gasteiger partial charge in [-0.2, -0.15) is 0 Å². The number of nitrogens with zero attached hydrogens (tertiary/aromatic N) is 1. The maximum atomic E-state index is 13.1. The number of carbonyl (C=O) groups excluding carboxylic acids is 1. The van der Waals surface area contributed by atoms with E-state index in [1.807, 2.05) is 0 Å². The summed E-state index contributed by atoms with van der Waals surface area (Å²) in [7, 11) is 0. The largest absolute Gasteiger partial charge is 0.302 e. The zero-order chi connectivity index (χ0) is 12.5. The van der Waals surface area contributed by atoms with E-state index in [0.717, 1.165) is 0 Å². The first-order valence-corrected chi connectivity index (χ1v) is 5.11. The summed E-state index contributed by atoms with van der Waals surface area (Å²) in [6.07, 6.45) is 0. The van der Waals surface area contributed by atoms with Crippen LogP contribution in [0.15, 0.2) is 17.0 Å². The molecule has 1 aromatic carbocycles. The Morgan fingerprint density at radius 1 is 1.56 bits per heavy atom. The highest BCUT2D eigenvalue weighted by atomic mass is 35.5. The second kappa shape index (κ2) is 4.64. The fourth-order valence-electron chi connectivity index (χ4n) is 0.985. The normalized spacial score (nSPS) is 12.2. The molecule has 86 valence electrons. The van der Waals surface area contributed by atoms with Crippen molar-refractivity contribution in [1.82, 2.24) is 0 Å². The lowest BCUT2D eigenvalue weighted by molar-refractivity contribution is -0.385. The fourth-order valence-corrected chi connectivity index (χ4v) is 1.57. The van der Waals surface area contributed by atoms with Gasteiger partial charge in [0.25, 0.3) is 10.9 Å². The molecule has 0 amide bonds. The van der Waals surface area contributed by atoms with Gasteiger partial charge in [-0.3, -0.25) is 14.9 Å². The number of benzene rings is 1. The molecule has 1 rings (SSSR count). The van der Waals surface area contributed by atoms with E-state index in [1.165, 1.54) is 0 Å². The maximum Gasteiger partial charge on any atom is 0.283 e. The van der Waals surface area contributed by atoms with Crippen molar-refractivity contribution >= 4 is 33.6 Å². The molecule has 16 heavy (non-hydrogen) atoms. The van der Waals surface area contributed by atoms with Gasteiger partial charge in [-0.05, 0) is 17.7 Å². The molecule has 0 aliphatic carbocycles. The van der Waals surface area contributed by atoms with E-state index in [-0.39, 0.29) is 0 Å². The first-order chi connectivity index (χ1) is 7.34. The number of nitro groups is 1. The molecule has 0 aromatic heterocycles. The van der Waals surface area contributed by atoms with Crippen molar-refractivity contribution in [2.45, 2.75) is 4.90 Å². The van der Waals surface area contributed by atoms with Crippen molar-refractivity contribution in [2.75, 3.05) is 0 Å². The van der Waals surface area contributed by atoms with Crippen LogP contribution in [-0.2, 0) is 11.1 Å². The molecular weight excluding hydrogens is 265 g/mol. The first kappa shape index (κ1) is 12.7. The van der Waals surface area contributed by atoms with Crippen LogP contribution in [0.25, 0.3) is 0 Å². The van der Waals surface area contributed by atoms with Gasteiger partial charge in [-0.1, -0.05) is 0 Å². The maximum absolute atomic E-state index is 13.1. The molecule has 0 saturated heterocycles. The van der Waals surface area contributed by atoms with Crippen molar-refractivity contribution in [3.63, 3.8) is 0 Å². The molecule has 6 nitrogen and oxygen atoms in total. The van der Waals surface area contributed by atoms with Gasteiger partial charge >= 0.3 is 0 Å². The minimum Gasteiger partial charge on any atom is -0.302 e. The van der Waals surface area contributed by atoms with Crippen LogP contribution in [0.2, 0.25) is 0 Å². The predicted molar refractivity (Wildman–Crippen MR) is 52.3 cm³/mol. The van der Waals surface area contributed by atoms with E-state index in [9.17, 15) is 23.5 Å². The molecule has 1 unspecified atom stereocenters. The highest BCUT2D eigenvalue weighted by Crippen LogP contribution is 2.25. The second-order valence-corrected chi connectivity index (χ2v) is 3.86. The zero-order valence-electron chi connectivity index (χ0n) is 7.35. The molecule has 0 aliphatic rings. The van der Waals surface area contributed by atoms with E-state index in [1.54, 1.807) is 0 Å². The highest BCUT2D eigenvalue weighted by Gasteiger charge is 2.24. The lowest BCUT2D eigenvalue weighted by atomic mass is 10.2. The Balaban J connectivity index is 3.55. The minimum atomic E-state index is -2.72. The third kappa shape index (κ3) is 2.40. The van der Waals surface area contributed by atoms with E-state index in [4.69, 9.17) is 16.2 Å². The topological polar surface area (TPSA) is 97.5 Å². The molecule has 1 atom stereocenters. The Labute approximate surface area is 95.5 Å². The molecule has 0 fully saturated rings. The van der Waals surface area contributed by atoms with E-state index in [0.29, 0.717) is 12.1 Å². The number of halogens is 2. The molecule has 9 heteroatoms. The molecule has 0 aliphatic heterocycles. The zero-order valence-corrected chi connectivity index (χ0v) is 8.92. The average molecular weight is 268 g/mol. The Hall–Kier alpha value is -1.38. The van der Waals surface area contributed by atoms with E-state index >= 15 is 0 Å². The van der Waals surface area contributed by atoms with Crippen molar-refractivity contribution < 1.29 is 22.9 Å². The Morgan fingerprint density at radius 3 is 2.50 bits per heavy atom. The van der Waals surface area contributed by atoms with E-state index in [2.05, 4.69) is 0 Å². The van der Waals surface area contributed by atoms with Crippen molar-refractivity contribution in [3.8, 4) is 0 Å². The molecule has 1 N–H and O–H groups in total. The number of carbonyl (C=O) groups is 1. The van der Waals surface area contributed by atoms with Gasteiger partial charge in [0.05, 0.1) is 4.92 Å². The second-order valence-electron chi connectivity index (χ2n) is 2.58. The summed E-state index contributed by atoms with van der Waals surface area (Å²) in [4.78, 5) is 19.5. The Kier molecular flexibility index (Phi) is 3.68.